The fraction of sp³-hybridized carbons (Fsp3) is 0.619. The van der Waals surface area contributed by atoms with Crippen LogP contribution in [0, 0.1) is 0 Å². The molecule has 9 heteroatoms. The average Bonchev–Trinajstić information content (AvgIpc) is 2.66. The first-order valence-corrected chi connectivity index (χ1v) is 10.2. The smallest absolute Gasteiger partial charge is 0.410 e. The maximum Gasteiger partial charge on any atom is 0.410 e. The molecular formula is C21H34IN5O3. The molecule has 168 valence electrons. The number of likely N-dealkylation sites (tertiary alicyclic amines) is 1. The zero-order valence-electron chi connectivity index (χ0n) is 18.3. The molecule has 0 saturated carbocycles. The third-order valence-corrected chi connectivity index (χ3v) is 4.89. The molecule has 2 saturated heterocycles. The molecule has 2 aliphatic rings. The molecule has 0 aliphatic carbocycles. The number of hydrogen-bond donors (Lipinski definition) is 2. The second kappa shape index (κ2) is 11.0. The Kier molecular flexibility index (Phi) is 9.02. The number of para-hydroxylation sites is 1. The minimum absolute atomic E-state index is 0. The Morgan fingerprint density at radius 1 is 1.23 bits per heavy atom. The topological polar surface area (TPSA) is 78.4 Å². The molecule has 3 rings (SSSR count). The highest BCUT2D eigenvalue weighted by Crippen LogP contribution is 2.21. The summed E-state index contributed by atoms with van der Waals surface area (Å²) in [5.41, 5.74) is 1.99. The number of ether oxygens (including phenoxy) is 2. The van der Waals surface area contributed by atoms with E-state index in [9.17, 15) is 4.79 Å². The Labute approximate surface area is 196 Å². The van der Waals surface area contributed by atoms with Crippen molar-refractivity contribution in [3.8, 4) is 0 Å². The van der Waals surface area contributed by atoms with Crippen LogP contribution in [0.5, 0.6) is 0 Å². The normalized spacial score (nSPS) is 17.7. The summed E-state index contributed by atoms with van der Waals surface area (Å²) in [5, 5.41) is 6.77. The summed E-state index contributed by atoms with van der Waals surface area (Å²) in [4.78, 5) is 20.4. The quantitative estimate of drug-likeness (QED) is 0.353. The summed E-state index contributed by atoms with van der Waals surface area (Å²) in [5.74, 6) is 0.732. The van der Waals surface area contributed by atoms with Crippen molar-refractivity contribution in [1.29, 1.82) is 0 Å². The average molecular weight is 531 g/mol. The highest BCUT2D eigenvalue weighted by Gasteiger charge is 2.34. The van der Waals surface area contributed by atoms with Gasteiger partial charge in [-0.25, -0.2) is 4.79 Å². The lowest BCUT2D eigenvalue weighted by atomic mass is 10.1. The summed E-state index contributed by atoms with van der Waals surface area (Å²) >= 11 is 0. The molecule has 0 radical (unpaired) electrons. The van der Waals surface area contributed by atoms with Gasteiger partial charge in [0.15, 0.2) is 5.96 Å². The van der Waals surface area contributed by atoms with Crippen LogP contribution in [0.1, 0.15) is 26.3 Å². The monoisotopic (exact) mass is 531 g/mol. The summed E-state index contributed by atoms with van der Waals surface area (Å²) in [6.45, 7) is 10.9. The van der Waals surface area contributed by atoms with E-state index in [2.05, 4.69) is 44.8 Å². The molecular weight excluding hydrogens is 497 g/mol. The number of carbonyl (C=O) groups excluding carboxylic acids is 1. The van der Waals surface area contributed by atoms with Gasteiger partial charge in [-0.2, -0.15) is 0 Å². The number of nitrogens with zero attached hydrogens (tertiary/aromatic N) is 3. The zero-order valence-corrected chi connectivity index (χ0v) is 20.6. The highest BCUT2D eigenvalue weighted by molar-refractivity contribution is 14.0. The van der Waals surface area contributed by atoms with E-state index in [-0.39, 0.29) is 36.1 Å². The minimum Gasteiger partial charge on any atom is -0.444 e. The molecule has 0 aromatic heterocycles. The molecule has 0 unspecified atom stereocenters. The molecule has 1 aromatic rings. The van der Waals surface area contributed by atoms with Gasteiger partial charge < -0.3 is 29.9 Å². The van der Waals surface area contributed by atoms with E-state index < -0.39 is 5.60 Å². The number of aliphatic imine (C=N–C) groups is 1. The SMILES string of the molecule is CN=C(NCc1ccccc1N1CCOCC1)NC1CN(C(=O)OC(C)(C)C)C1.I. The molecule has 0 bridgehead atoms. The van der Waals surface area contributed by atoms with Gasteiger partial charge in [-0.05, 0) is 32.4 Å². The number of nitrogens with one attached hydrogen (secondary N) is 2. The third-order valence-electron chi connectivity index (χ3n) is 4.89. The van der Waals surface area contributed by atoms with Crippen molar-refractivity contribution < 1.29 is 14.3 Å². The van der Waals surface area contributed by atoms with Crippen LogP contribution < -0.4 is 15.5 Å². The van der Waals surface area contributed by atoms with Gasteiger partial charge in [0.25, 0.3) is 0 Å². The lowest BCUT2D eigenvalue weighted by Gasteiger charge is -2.40. The van der Waals surface area contributed by atoms with Gasteiger partial charge in [0, 0.05) is 45.5 Å². The van der Waals surface area contributed by atoms with Crippen molar-refractivity contribution in [2.45, 2.75) is 39.0 Å². The molecule has 2 fully saturated rings. The summed E-state index contributed by atoms with van der Waals surface area (Å²) < 4.78 is 10.9. The number of anilines is 1. The van der Waals surface area contributed by atoms with E-state index in [1.165, 1.54) is 11.3 Å². The van der Waals surface area contributed by atoms with Gasteiger partial charge in [0.2, 0.25) is 0 Å². The molecule has 0 spiro atoms. The Morgan fingerprint density at radius 2 is 1.90 bits per heavy atom. The van der Waals surface area contributed by atoms with Crippen LogP contribution in [-0.2, 0) is 16.0 Å². The minimum atomic E-state index is -0.471. The number of hydrogen-bond acceptors (Lipinski definition) is 5. The highest BCUT2D eigenvalue weighted by atomic mass is 127. The molecule has 2 N–H and O–H groups in total. The molecule has 2 aliphatic heterocycles. The van der Waals surface area contributed by atoms with E-state index in [1.807, 2.05) is 20.8 Å². The summed E-state index contributed by atoms with van der Waals surface area (Å²) in [7, 11) is 1.76. The first kappa shape index (κ1) is 24.5. The lowest BCUT2D eigenvalue weighted by Crippen LogP contribution is -2.63. The van der Waals surface area contributed by atoms with Gasteiger partial charge in [0.1, 0.15) is 5.60 Å². The molecule has 2 heterocycles. The number of rotatable bonds is 4. The number of carbonyl (C=O) groups is 1. The molecule has 8 nitrogen and oxygen atoms in total. The number of halogens is 1. The second-order valence-electron chi connectivity index (χ2n) is 8.38. The molecule has 30 heavy (non-hydrogen) atoms. The maximum absolute atomic E-state index is 12.1. The largest absolute Gasteiger partial charge is 0.444 e. The Balaban J connectivity index is 0.00000320. The van der Waals surface area contributed by atoms with Crippen molar-refractivity contribution in [2.75, 3.05) is 51.3 Å². The van der Waals surface area contributed by atoms with Crippen LogP contribution in [0.4, 0.5) is 10.5 Å². The fourth-order valence-corrected chi connectivity index (χ4v) is 3.39. The van der Waals surface area contributed by atoms with Gasteiger partial charge >= 0.3 is 6.09 Å². The van der Waals surface area contributed by atoms with E-state index in [1.54, 1.807) is 11.9 Å². The first-order valence-electron chi connectivity index (χ1n) is 10.2. The van der Waals surface area contributed by atoms with Crippen molar-refractivity contribution in [3.05, 3.63) is 29.8 Å². The molecule has 0 atom stereocenters. The van der Waals surface area contributed by atoms with E-state index in [0.717, 1.165) is 32.3 Å². The standard InChI is InChI=1S/C21H33N5O3.HI/c1-21(2,3)29-20(27)26-14-17(15-26)24-19(22-4)23-13-16-7-5-6-8-18(16)25-9-11-28-12-10-25;/h5-8,17H,9-15H2,1-4H3,(H2,22,23,24);1H. The fourth-order valence-electron chi connectivity index (χ4n) is 3.39. The van der Waals surface area contributed by atoms with E-state index in [4.69, 9.17) is 9.47 Å². The number of morpholine rings is 1. The second-order valence-corrected chi connectivity index (χ2v) is 8.38. The van der Waals surface area contributed by atoms with E-state index in [0.29, 0.717) is 19.6 Å². The van der Waals surface area contributed by atoms with Crippen molar-refractivity contribution in [1.82, 2.24) is 15.5 Å². The summed E-state index contributed by atoms with van der Waals surface area (Å²) in [6.07, 6.45) is -0.266. The van der Waals surface area contributed by atoms with Crippen LogP contribution in [0.25, 0.3) is 0 Å². The molecule has 1 amide bonds. The van der Waals surface area contributed by atoms with Crippen LogP contribution >= 0.6 is 24.0 Å². The van der Waals surface area contributed by atoms with Crippen molar-refractivity contribution in [3.63, 3.8) is 0 Å². The van der Waals surface area contributed by atoms with E-state index >= 15 is 0 Å². The lowest BCUT2D eigenvalue weighted by molar-refractivity contribution is 0.00701. The Bertz CT molecular complexity index is 726. The van der Waals surface area contributed by atoms with Crippen molar-refractivity contribution in [2.24, 2.45) is 4.99 Å². The maximum atomic E-state index is 12.1. The Hall–Kier alpha value is -1.75. The number of amides is 1. The van der Waals surface area contributed by atoms with Gasteiger partial charge in [0.05, 0.1) is 19.3 Å². The number of guanidine groups is 1. The predicted octanol–water partition coefficient (Wildman–Crippen LogP) is 2.43. The third kappa shape index (κ3) is 6.90. The van der Waals surface area contributed by atoms with Crippen LogP contribution in [-0.4, -0.2) is 75.0 Å². The van der Waals surface area contributed by atoms with Gasteiger partial charge in [-0.3, -0.25) is 4.99 Å². The summed E-state index contributed by atoms with van der Waals surface area (Å²) in [6, 6.07) is 8.59. The van der Waals surface area contributed by atoms with Crippen LogP contribution in [0.3, 0.4) is 0 Å². The Morgan fingerprint density at radius 3 is 2.53 bits per heavy atom. The first-order chi connectivity index (χ1) is 13.9. The molecule has 1 aromatic carbocycles. The number of benzene rings is 1. The predicted molar refractivity (Wildman–Crippen MR) is 130 cm³/mol. The van der Waals surface area contributed by atoms with Crippen LogP contribution in [0.15, 0.2) is 29.3 Å². The van der Waals surface area contributed by atoms with Gasteiger partial charge in [-0.15, -0.1) is 24.0 Å². The van der Waals surface area contributed by atoms with Crippen molar-refractivity contribution >= 4 is 41.7 Å². The van der Waals surface area contributed by atoms with Gasteiger partial charge in [-0.1, -0.05) is 18.2 Å². The zero-order chi connectivity index (χ0) is 20.9. The van der Waals surface area contributed by atoms with Crippen LogP contribution in [0.2, 0.25) is 0 Å².